The molecule has 22 heavy (non-hydrogen) atoms. The van der Waals surface area contributed by atoms with Crippen molar-refractivity contribution in [2.24, 2.45) is 5.92 Å². The Kier molecular flexibility index (Phi) is 4.42. The highest BCUT2D eigenvalue weighted by atomic mass is 16.5. The molecule has 0 radical (unpaired) electrons. The largest absolute Gasteiger partial charge is 0.378 e. The number of carbonyl (C=O) groups is 2. The number of hydrogen-bond acceptors (Lipinski definition) is 4. The lowest BCUT2D eigenvalue weighted by molar-refractivity contribution is -0.140. The summed E-state index contributed by atoms with van der Waals surface area (Å²) in [6.45, 7) is 5.68. The van der Waals surface area contributed by atoms with Gasteiger partial charge in [0.1, 0.15) is 5.69 Å². The highest BCUT2D eigenvalue weighted by Gasteiger charge is 2.31. The minimum Gasteiger partial charge on any atom is -0.378 e. The fourth-order valence-corrected chi connectivity index (χ4v) is 3.14. The van der Waals surface area contributed by atoms with Crippen LogP contribution in [0.5, 0.6) is 0 Å². The molecule has 7 heteroatoms. The number of rotatable bonds is 3. The number of morpholine rings is 1. The topological polar surface area (TPSA) is 76.5 Å². The van der Waals surface area contributed by atoms with Gasteiger partial charge in [-0.1, -0.05) is 0 Å². The number of ether oxygens (including phenoxy) is 1. The molecular formula is C15H22N4O3. The summed E-state index contributed by atoms with van der Waals surface area (Å²) in [7, 11) is 0. The number of aromatic nitrogens is 2. The van der Waals surface area contributed by atoms with Crippen LogP contribution in [0.1, 0.15) is 29.5 Å². The van der Waals surface area contributed by atoms with Crippen molar-refractivity contribution in [2.45, 2.75) is 26.3 Å². The molecular weight excluding hydrogens is 284 g/mol. The van der Waals surface area contributed by atoms with Crippen LogP contribution < -0.4 is 5.32 Å². The summed E-state index contributed by atoms with van der Waals surface area (Å²) in [5, 5.41) is 2.78. The van der Waals surface area contributed by atoms with Gasteiger partial charge in [-0.3, -0.25) is 9.59 Å². The zero-order valence-corrected chi connectivity index (χ0v) is 12.9. The molecule has 0 aliphatic carbocycles. The third-order valence-electron chi connectivity index (χ3n) is 4.32. The molecule has 2 amide bonds. The van der Waals surface area contributed by atoms with Crippen molar-refractivity contribution >= 4 is 11.8 Å². The number of imidazole rings is 1. The van der Waals surface area contributed by atoms with Gasteiger partial charge in [0.15, 0.2) is 0 Å². The van der Waals surface area contributed by atoms with E-state index in [1.807, 2.05) is 16.4 Å². The van der Waals surface area contributed by atoms with Crippen LogP contribution in [0.15, 0.2) is 6.33 Å². The molecule has 0 saturated carbocycles. The molecule has 2 aliphatic rings. The monoisotopic (exact) mass is 306 g/mol. The molecule has 1 aromatic heterocycles. The highest BCUT2D eigenvalue weighted by molar-refractivity contribution is 5.93. The molecule has 3 rings (SSSR count). The summed E-state index contributed by atoms with van der Waals surface area (Å²) in [6.07, 6.45) is 3.17. The van der Waals surface area contributed by atoms with E-state index in [1.54, 1.807) is 6.33 Å². The van der Waals surface area contributed by atoms with Crippen molar-refractivity contribution in [3.05, 3.63) is 17.7 Å². The van der Waals surface area contributed by atoms with Crippen LogP contribution in [0.3, 0.4) is 0 Å². The van der Waals surface area contributed by atoms with Gasteiger partial charge in [-0.15, -0.1) is 0 Å². The van der Waals surface area contributed by atoms with Crippen LogP contribution in [-0.2, 0) is 22.5 Å². The molecule has 1 atom stereocenters. The maximum atomic E-state index is 12.6. The Morgan fingerprint density at radius 1 is 1.41 bits per heavy atom. The van der Waals surface area contributed by atoms with E-state index in [0.717, 1.165) is 12.1 Å². The molecule has 0 spiro atoms. The van der Waals surface area contributed by atoms with Crippen molar-refractivity contribution in [3.63, 3.8) is 0 Å². The second-order valence-corrected chi connectivity index (χ2v) is 5.72. The predicted octanol–water partition coefficient (Wildman–Crippen LogP) is 0.0540. The first-order valence-electron chi connectivity index (χ1n) is 7.89. The van der Waals surface area contributed by atoms with E-state index < -0.39 is 0 Å². The second kappa shape index (κ2) is 6.48. The lowest BCUT2D eigenvalue weighted by Gasteiger charge is -2.32. The highest BCUT2D eigenvalue weighted by Crippen LogP contribution is 2.24. The van der Waals surface area contributed by atoms with Crippen molar-refractivity contribution in [2.75, 3.05) is 32.8 Å². The van der Waals surface area contributed by atoms with Crippen LogP contribution in [0.2, 0.25) is 0 Å². The summed E-state index contributed by atoms with van der Waals surface area (Å²) in [6, 6.07) is 0. The fraction of sp³-hybridized carbons (Fsp3) is 0.667. The summed E-state index contributed by atoms with van der Waals surface area (Å²) < 4.78 is 7.25. The molecule has 7 nitrogen and oxygen atoms in total. The average molecular weight is 306 g/mol. The summed E-state index contributed by atoms with van der Waals surface area (Å²) in [5.41, 5.74) is 1.44. The minimum atomic E-state index is -0.130. The molecule has 1 saturated heterocycles. The molecule has 120 valence electrons. The Morgan fingerprint density at radius 3 is 2.91 bits per heavy atom. The van der Waals surface area contributed by atoms with E-state index in [0.29, 0.717) is 51.5 Å². The fourth-order valence-electron chi connectivity index (χ4n) is 3.14. The second-order valence-electron chi connectivity index (χ2n) is 5.72. The van der Waals surface area contributed by atoms with E-state index >= 15 is 0 Å². The Labute approximate surface area is 129 Å². The molecule has 1 N–H and O–H groups in total. The molecule has 0 aromatic carbocycles. The Morgan fingerprint density at radius 2 is 2.18 bits per heavy atom. The van der Waals surface area contributed by atoms with Gasteiger partial charge in [-0.25, -0.2) is 4.98 Å². The summed E-state index contributed by atoms with van der Waals surface area (Å²) in [5.74, 6) is 0.0401. The van der Waals surface area contributed by atoms with Crippen molar-refractivity contribution in [3.8, 4) is 0 Å². The van der Waals surface area contributed by atoms with Crippen molar-refractivity contribution in [1.29, 1.82) is 0 Å². The Bertz CT molecular complexity index is 563. The normalized spacial score (nSPS) is 21.3. The quantitative estimate of drug-likeness (QED) is 0.856. The Hall–Kier alpha value is -1.89. The lowest BCUT2D eigenvalue weighted by Crippen LogP contribution is -2.45. The van der Waals surface area contributed by atoms with E-state index in [1.165, 1.54) is 0 Å². The first-order chi connectivity index (χ1) is 10.7. The average Bonchev–Trinajstić information content (AvgIpc) is 2.98. The van der Waals surface area contributed by atoms with Crippen molar-refractivity contribution < 1.29 is 14.3 Å². The van der Waals surface area contributed by atoms with Crippen molar-refractivity contribution in [1.82, 2.24) is 19.8 Å². The minimum absolute atomic E-state index is 0.0260. The molecule has 1 unspecified atom stereocenters. The maximum absolute atomic E-state index is 12.6. The summed E-state index contributed by atoms with van der Waals surface area (Å²) in [4.78, 5) is 30.6. The van der Waals surface area contributed by atoms with Gasteiger partial charge in [0, 0.05) is 26.2 Å². The lowest BCUT2D eigenvalue weighted by atomic mass is 9.95. The van der Waals surface area contributed by atoms with Crippen LogP contribution in [0.25, 0.3) is 0 Å². The van der Waals surface area contributed by atoms with Crippen LogP contribution >= 0.6 is 0 Å². The number of fused-ring (bicyclic) bond motifs is 1. The third kappa shape index (κ3) is 2.85. The SMILES string of the molecule is CCNC(=O)c1ncn2c1CCC(C(=O)N1CCOCC1)C2. The maximum Gasteiger partial charge on any atom is 0.271 e. The Balaban J connectivity index is 1.69. The first-order valence-corrected chi connectivity index (χ1v) is 7.89. The van der Waals surface area contributed by atoms with E-state index in [2.05, 4.69) is 10.3 Å². The summed E-state index contributed by atoms with van der Waals surface area (Å²) >= 11 is 0. The molecule has 1 fully saturated rings. The molecule has 2 aliphatic heterocycles. The van der Waals surface area contributed by atoms with Gasteiger partial charge in [-0.2, -0.15) is 0 Å². The van der Waals surface area contributed by atoms with Crippen LogP contribution in [-0.4, -0.2) is 59.1 Å². The number of carbonyl (C=O) groups excluding carboxylic acids is 2. The van der Waals surface area contributed by atoms with Gasteiger partial charge < -0.3 is 19.5 Å². The van der Waals surface area contributed by atoms with Crippen LogP contribution in [0, 0.1) is 5.92 Å². The van der Waals surface area contributed by atoms with E-state index in [4.69, 9.17) is 4.74 Å². The first kappa shape index (κ1) is 15.0. The van der Waals surface area contributed by atoms with Gasteiger partial charge >= 0.3 is 0 Å². The third-order valence-corrected chi connectivity index (χ3v) is 4.32. The number of amides is 2. The zero-order chi connectivity index (χ0) is 15.5. The molecule has 1 aromatic rings. The number of nitrogens with zero attached hydrogens (tertiary/aromatic N) is 3. The van der Waals surface area contributed by atoms with Gasteiger partial charge in [-0.05, 0) is 19.8 Å². The molecule has 0 bridgehead atoms. The van der Waals surface area contributed by atoms with Gasteiger partial charge in [0.25, 0.3) is 5.91 Å². The van der Waals surface area contributed by atoms with Crippen LogP contribution in [0.4, 0.5) is 0 Å². The van der Waals surface area contributed by atoms with E-state index in [-0.39, 0.29) is 17.7 Å². The number of nitrogens with one attached hydrogen (secondary N) is 1. The van der Waals surface area contributed by atoms with Gasteiger partial charge in [0.05, 0.1) is 31.2 Å². The number of hydrogen-bond donors (Lipinski definition) is 1. The van der Waals surface area contributed by atoms with E-state index in [9.17, 15) is 9.59 Å². The standard InChI is InChI=1S/C15H22N4O3/c1-2-16-14(20)13-12-4-3-11(9-19(12)10-17-13)15(21)18-5-7-22-8-6-18/h10-11H,2-9H2,1H3,(H,16,20). The predicted molar refractivity (Wildman–Crippen MR) is 79.4 cm³/mol. The smallest absolute Gasteiger partial charge is 0.271 e. The molecule has 3 heterocycles. The zero-order valence-electron chi connectivity index (χ0n) is 12.9. The van der Waals surface area contributed by atoms with Gasteiger partial charge in [0.2, 0.25) is 5.91 Å².